The van der Waals surface area contributed by atoms with E-state index in [1.807, 2.05) is 55.5 Å². The summed E-state index contributed by atoms with van der Waals surface area (Å²) >= 11 is 6.03. The molecular weight excluding hydrogens is 452 g/mol. The van der Waals surface area contributed by atoms with Crippen LogP contribution in [0.5, 0.6) is 0 Å². The highest BCUT2D eigenvalue weighted by atomic mass is 35.5. The van der Waals surface area contributed by atoms with Crippen molar-refractivity contribution < 1.29 is 14.3 Å². The van der Waals surface area contributed by atoms with E-state index in [2.05, 4.69) is 26.1 Å². The maximum absolute atomic E-state index is 12.9. The SMILES string of the molecule is CCN(CC(=O)Nc1cc(C(C)(C)C)nn1-c1ccc(Cl)cc1)C(=O)COCc1ccccc1. The Labute approximate surface area is 205 Å². The van der Waals surface area contributed by atoms with Gasteiger partial charge in [0.05, 0.1) is 24.5 Å². The molecule has 2 aromatic carbocycles. The molecule has 3 rings (SSSR count). The van der Waals surface area contributed by atoms with Crippen molar-refractivity contribution in [2.24, 2.45) is 0 Å². The zero-order chi connectivity index (χ0) is 24.7. The summed E-state index contributed by atoms with van der Waals surface area (Å²) in [6.07, 6.45) is 0. The van der Waals surface area contributed by atoms with Crippen molar-refractivity contribution in [2.45, 2.75) is 39.7 Å². The Balaban J connectivity index is 1.66. The van der Waals surface area contributed by atoms with Crippen molar-refractivity contribution in [3.63, 3.8) is 0 Å². The molecule has 0 radical (unpaired) electrons. The molecule has 1 heterocycles. The minimum Gasteiger partial charge on any atom is -0.367 e. The lowest BCUT2D eigenvalue weighted by Crippen LogP contribution is -2.40. The highest BCUT2D eigenvalue weighted by Gasteiger charge is 2.23. The molecule has 0 saturated carbocycles. The maximum Gasteiger partial charge on any atom is 0.249 e. The fourth-order valence-electron chi connectivity index (χ4n) is 3.27. The summed E-state index contributed by atoms with van der Waals surface area (Å²) in [5, 5.41) is 8.22. The van der Waals surface area contributed by atoms with E-state index >= 15 is 0 Å². The number of amides is 2. The number of carbonyl (C=O) groups is 2. The lowest BCUT2D eigenvalue weighted by molar-refractivity contribution is -0.139. The predicted molar refractivity (Wildman–Crippen MR) is 134 cm³/mol. The van der Waals surface area contributed by atoms with Gasteiger partial charge in [-0.25, -0.2) is 4.68 Å². The third-order valence-electron chi connectivity index (χ3n) is 5.22. The third-order valence-corrected chi connectivity index (χ3v) is 5.47. The lowest BCUT2D eigenvalue weighted by atomic mass is 9.92. The molecule has 0 aliphatic heterocycles. The average molecular weight is 483 g/mol. The van der Waals surface area contributed by atoms with Crippen molar-refractivity contribution >= 4 is 29.2 Å². The molecule has 0 bridgehead atoms. The van der Waals surface area contributed by atoms with E-state index in [-0.39, 0.29) is 30.4 Å². The van der Waals surface area contributed by atoms with Gasteiger partial charge in [-0.2, -0.15) is 5.10 Å². The molecule has 0 aliphatic carbocycles. The summed E-state index contributed by atoms with van der Waals surface area (Å²) < 4.78 is 7.22. The molecule has 0 fully saturated rings. The largest absolute Gasteiger partial charge is 0.367 e. The molecule has 8 heteroatoms. The molecule has 0 unspecified atom stereocenters. The van der Waals surface area contributed by atoms with Gasteiger partial charge in [0.2, 0.25) is 11.8 Å². The van der Waals surface area contributed by atoms with Gasteiger partial charge in [-0.15, -0.1) is 0 Å². The summed E-state index contributed by atoms with van der Waals surface area (Å²) in [4.78, 5) is 26.9. The summed E-state index contributed by atoms with van der Waals surface area (Å²) in [6.45, 7) is 8.56. The number of anilines is 1. The van der Waals surface area contributed by atoms with E-state index in [0.29, 0.717) is 24.0 Å². The average Bonchev–Trinajstić information content (AvgIpc) is 3.23. The monoisotopic (exact) mass is 482 g/mol. The number of halogens is 1. The highest BCUT2D eigenvalue weighted by Crippen LogP contribution is 2.26. The summed E-state index contributed by atoms with van der Waals surface area (Å²) in [5.41, 5.74) is 2.38. The number of hydrogen-bond donors (Lipinski definition) is 1. The number of rotatable bonds is 9. The molecule has 0 spiro atoms. The van der Waals surface area contributed by atoms with Crippen LogP contribution in [0.3, 0.4) is 0 Å². The van der Waals surface area contributed by atoms with Gasteiger partial charge >= 0.3 is 0 Å². The molecule has 0 saturated heterocycles. The fraction of sp³-hybridized carbons (Fsp3) is 0.346. The molecule has 0 atom stereocenters. The number of nitrogens with one attached hydrogen (secondary N) is 1. The van der Waals surface area contributed by atoms with Crippen LogP contribution in [-0.2, 0) is 26.3 Å². The Hall–Kier alpha value is -3.16. The number of carbonyl (C=O) groups excluding carboxylic acids is 2. The number of aromatic nitrogens is 2. The molecule has 1 N–H and O–H groups in total. The molecule has 0 aliphatic rings. The van der Waals surface area contributed by atoms with Crippen LogP contribution < -0.4 is 5.32 Å². The van der Waals surface area contributed by atoms with Crippen molar-refractivity contribution in [2.75, 3.05) is 25.0 Å². The second-order valence-corrected chi connectivity index (χ2v) is 9.42. The molecule has 34 heavy (non-hydrogen) atoms. The van der Waals surface area contributed by atoms with E-state index in [4.69, 9.17) is 21.4 Å². The first kappa shape index (κ1) is 25.5. The Morgan fingerprint density at radius 3 is 2.38 bits per heavy atom. The van der Waals surface area contributed by atoms with Crippen LogP contribution in [-0.4, -0.2) is 46.2 Å². The van der Waals surface area contributed by atoms with E-state index in [1.165, 1.54) is 4.90 Å². The van der Waals surface area contributed by atoms with Crippen molar-refractivity contribution in [3.05, 3.63) is 76.9 Å². The third kappa shape index (κ3) is 6.92. The Bertz CT molecular complexity index is 1110. The number of hydrogen-bond acceptors (Lipinski definition) is 4. The van der Waals surface area contributed by atoms with Gasteiger partial charge in [0.25, 0.3) is 0 Å². The quantitative estimate of drug-likeness (QED) is 0.474. The Kier molecular flexibility index (Phi) is 8.47. The van der Waals surface area contributed by atoms with E-state index < -0.39 is 0 Å². The molecule has 3 aromatic rings. The zero-order valence-electron chi connectivity index (χ0n) is 20.0. The van der Waals surface area contributed by atoms with Gasteiger partial charge in [-0.3, -0.25) is 9.59 Å². The number of benzene rings is 2. The summed E-state index contributed by atoms with van der Waals surface area (Å²) in [5.74, 6) is -0.0231. The van der Waals surface area contributed by atoms with Crippen LogP contribution in [0.2, 0.25) is 5.02 Å². The second-order valence-electron chi connectivity index (χ2n) is 8.99. The van der Waals surface area contributed by atoms with Crippen molar-refractivity contribution in [1.82, 2.24) is 14.7 Å². The number of ether oxygens (including phenoxy) is 1. The van der Waals surface area contributed by atoms with E-state index in [1.54, 1.807) is 16.8 Å². The van der Waals surface area contributed by atoms with Gasteiger partial charge in [0, 0.05) is 23.0 Å². The predicted octanol–water partition coefficient (Wildman–Crippen LogP) is 4.83. The normalized spacial score (nSPS) is 11.3. The summed E-state index contributed by atoms with van der Waals surface area (Å²) in [7, 11) is 0. The number of nitrogens with zero attached hydrogens (tertiary/aromatic N) is 3. The topological polar surface area (TPSA) is 76.5 Å². The van der Waals surface area contributed by atoms with Crippen LogP contribution in [0.15, 0.2) is 60.7 Å². The van der Waals surface area contributed by atoms with Gasteiger partial charge in [-0.05, 0) is 36.8 Å². The first-order valence-corrected chi connectivity index (χ1v) is 11.6. The maximum atomic E-state index is 12.9. The smallest absolute Gasteiger partial charge is 0.249 e. The molecule has 1 aromatic heterocycles. The van der Waals surface area contributed by atoms with E-state index in [0.717, 1.165) is 16.9 Å². The number of likely N-dealkylation sites (N-methyl/N-ethyl adjacent to an activating group) is 1. The first-order valence-electron chi connectivity index (χ1n) is 11.2. The van der Waals surface area contributed by atoms with Crippen LogP contribution in [0.4, 0.5) is 5.82 Å². The van der Waals surface area contributed by atoms with Crippen LogP contribution in [0, 0.1) is 0 Å². The minimum atomic E-state index is -0.311. The van der Waals surface area contributed by atoms with Gasteiger partial charge in [0.15, 0.2) is 0 Å². The Morgan fingerprint density at radius 1 is 1.09 bits per heavy atom. The standard InChI is InChI=1S/C26H31ClN4O3/c1-5-30(25(33)18-34-17-19-9-7-6-8-10-19)16-24(32)28-23-15-22(26(2,3)4)29-31(23)21-13-11-20(27)12-14-21/h6-15H,5,16-18H2,1-4H3,(H,28,32). The summed E-state index contributed by atoms with van der Waals surface area (Å²) in [6, 6.07) is 18.7. The molecule has 180 valence electrons. The fourth-order valence-corrected chi connectivity index (χ4v) is 3.40. The van der Waals surface area contributed by atoms with Gasteiger partial charge in [-0.1, -0.05) is 62.7 Å². The molecular formula is C26H31ClN4O3. The van der Waals surface area contributed by atoms with Crippen LogP contribution in [0.1, 0.15) is 39.0 Å². The minimum absolute atomic E-state index is 0.0827. The van der Waals surface area contributed by atoms with Crippen molar-refractivity contribution in [3.8, 4) is 5.69 Å². The van der Waals surface area contributed by atoms with Gasteiger partial charge in [0.1, 0.15) is 12.4 Å². The van der Waals surface area contributed by atoms with Crippen LogP contribution >= 0.6 is 11.6 Å². The molecule has 2 amide bonds. The molecule has 7 nitrogen and oxygen atoms in total. The first-order chi connectivity index (χ1) is 16.2. The second kappa shape index (κ2) is 11.3. The zero-order valence-corrected chi connectivity index (χ0v) is 20.8. The lowest BCUT2D eigenvalue weighted by Gasteiger charge is -2.20. The Morgan fingerprint density at radius 2 is 1.76 bits per heavy atom. The van der Waals surface area contributed by atoms with Crippen molar-refractivity contribution in [1.29, 1.82) is 0 Å². The van der Waals surface area contributed by atoms with Crippen LogP contribution in [0.25, 0.3) is 5.69 Å². The van der Waals surface area contributed by atoms with Gasteiger partial charge < -0.3 is 15.0 Å². The van der Waals surface area contributed by atoms with E-state index in [9.17, 15) is 9.59 Å². The highest BCUT2D eigenvalue weighted by molar-refractivity contribution is 6.30.